The van der Waals surface area contributed by atoms with Gasteiger partial charge in [-0.25, -0.2) is 0 Å². The van der Waals surface area contributed by atoms with Crippen molar-refractivity contribution in [3.05, 3.63) is 60.6 Å². The van der Waals surface area contributed by atoms with Crippen molar-refractivity contribution in [1.82, 2.24) is 0 Å². The first kappa shape index (κ1) is 18.4. The lowest BCUT2D eigenvalue weighted by Crippen LogP contribution is -2.16. The molecule has 0 saturated heterocycles. The van der Waals surface area contributed by atoms with Gasteiger partial charge in [0.1, 0.15) is 17.7 Å². The van der Waals surface area contributed by atoms with Gasteiger partial charge in [0.05, 0.1) is 0 Å². The third kappa shape index (κ3) is 7.77. The largest absolute Gasteiger partial charge is 0.462 e. The Balaban J connectivity index is 4.97. The van der Waals surface area contributed by atoms with E-state index in [4.69, 9.17) is 15.6 Å². The van der Waals surface area contributed by atoms with E-state index in [-0.39, 0.29) is 5.92 Å². The molecule has 0 aliphatic rings. The molecule has 20 heavy (non-hydrogen) atoms. The predicted octanol–water partition coefficient (Wildman–Crippen LogP) is 3.80. The van der Waals surface area contributed by atoms with Gasteiger partial charge in [-0.15, -0.1) is 6.58 Å². The average Bonchev–Trinajstić information content (AvgIpc) is 2.37. The number of hydrogen-bond acceptors (Lipinski definition) is 3. The van der Waals surface area contributed by atoms with E-state index >= 15 is 0 Å². The summed E-state index contributed by atoms with van der Waals surface area (Å²) in [5, 5.41) is 8.99. The fourth-order valence-electron chi connectivity index (χ4n) is 1.47. The van der Waals surface area contributed by atoms with Gasteiger partial charge in [0, 0.05) is 12.3 Å². The van der Waals surface area contributed by atoms with Crippen molar-refractivity contribution in [1.29, 1.82) is 0 Å². The first-order valence-corrected chi connectivity index (χ1v) is 6.83. The van der Waals surface area contributed by atoms with Crippen LogP contribution in [0.3, 0.4) is 0 Å². The highest BCUT2D eigenvalue weighted by Gasteiger charge is 2.07. The molecule has 0 bridgehead atoms. The van der Waals surface area contributed by atoms with E-state index < -0.39 is 6.23 Å². The SMILES string of the molecule is C=CC/C(C)=C(\C=C)O/C(=C/C=C\CC(N)O)C(C)C. The van der Waals surface area contributed by atoms with Gasteiger partial charge in [0.2, 0.25) is 0 Å². The molecule has 0 aromatic rings. The number of ether oxygens (including phenoxy) is 1. The Kier molecular flexibility index (Phi) is 9.43. The van der Waals surface area contributed by atoms with E-state index in [1.807, 2.05) is 31.2 Å². The molecule has 1 atom stereocenters. The van der Waals surface area contributed by atoms with Crippen LogP contribution in [0.25, 0.3) is 0 Å². The Labute approximate surface area is 122 Å². The van der Waals surface area contributed by atoms with Crippen LogP contribution in [0.1, 0.15) is 33.6 Å². The normalized spacial score (nSPS) is 15.2. The van der Waals surface area contributed by atoms with Crippen LogP contribution in [-0.2, 0) is 4.74 Å². The molecule has 0 saturated carbocycles. The number of hydrogen-bond donors (Lipinski definition) is 2. The summed E-state index contributed by atoms with van der Waals surface area (Å²) >= 11 is 0. The third-order valence-corrected chi connectivity index (χ3v) is 2.63. The van der Waals surface area contributed by atoms with Gasteiger partial charge >= 0.3 is 0 Å². The van der Waals surface area contributed by atoms with Crippen LogP contribution in [0, 0.1) is 5.92 Å². The van der Waals surface area contributed by atoms with E-state index in [2.05, 4.69) is 27.0 Å². The lowest BCUT2D eigenvalue weighted by atomic mass is 10.1. The summed E-state index contributed by atoms with van der Waals surface area (Å²) in [6.45, 7) is 13.6. The third-order valence-electron chi connectivity index (χ3n) is 2.63. The van der Waals surface area contributed by atoms with Crippen molar-refractivity contribution in [2.75, 3.05) is 0 Å². The van der Waals surface area contributed by atoms with Crippen LogP contribution in [0.2, 0.25) is 0 Å². The molecule has 0 aromatic carbocycles. The molecule has 3 heteroatoms. The Bertz CT molecular complexity index is 401. The molecule has 0 aliphatic heterocycles. The van der Waals surface area contributed by atoms with Gasteiger partial charge in [-0.1, -0.05) is 38.7 Å². The lowest BCUT2D eigenvalue weighted by Gasteiger charge is -2.15. The number of rotatable bonds is 9. The quantitative estimate of drug-likeness (QED) is 0.292. The van der Waals surface area contributed by atoms with Gasteiger partial charge < -0.3 is 15.6 Å². The van der Waals surface area contributed by atoms with Gasteiger partial charge in [-0.2, -0.15) is 0 Å². The molecule has 0 fully saturated rings. The average molecular weight is 277 g/mol. The monoisotopic (exact) mass is 277 g/mol. The maximum Gasteiger partial charge on any atom is 0.125 e. The van der Waals surface area contributed by atoms with E-state index in [0.717, 1.165) is 23.5 Å². The first-order chi connectivity index (χ1) is 9.42. The Hall–Kier alpha value is -1.58. The van der Waals surface area contributed by atoms with Crippen LogP contribution in [-0.4, -0.2) is 11.3 Å². The lowest BCUT2D eigenvalue weighted by molar-refractivity contribution is 0.186. The summed E-state index contributed by atoms with van der Waals surface area (Å²) in [5.41, 5.74) is 6.35. The van der Waals surface area contributed by atoms with E-state index in [9.17, 15) is 0 Å². The molecule has 0 radical (unpaired) electrons. The minimum absolute atomic E-state index is 0.244. The summed E-state index contributed by atoms with van der Waals surface area (Å²) in [7, 11) is 0. The zero-order chi connectivity index (χ0) is 15.5. The molecule has 0 aliphatic carbocycles. The maximum atomic E-state index is 8.99. The van der Waals surface area contributed by atoms with E-state index in [1.54, 1.807) is 6.08 Å². The van der Waals surface area contributed by atoms with Crippen molar-refractivity contribution < 1.29 is 9.84 Å². The van der Waals surface area contributed by atoms with Crippen LogP contribution >= 0.6 is 0 Å². The Morgan fingerprint density at radius 2 is 2.00 bits per heavy atom. The fourth-order valence-corrected chi connectivity index (χ4v) is 1.47. The molecule has 0 heterocycles. The minimum Gasteiger partial charge on any atom is -0.462 e. The van der Waals surface area contributed by atoms with Crippen molar-refractivity contribution in [3.63, 3.8) is 0 Å². The maximum absolute atomic E-state index is 8.99. The second kappa shape index (κ2) is 10.2. The summed E-state index contributed by atoms with van der Waals surface area (Å²) < 4.78 is 5.91. The first-order valence-electron chi connectivity index (χ1n) is 6.83. The topological polar surface area (TPSA) is 55.5 Å². The second-order valence-corrected chi connectivity index (χ2v) is 4.90. The number of nitrogens with two attached hydrogens (primary N) is 1. The molecule has 3 nitrogen and oxygen atoms in total. The predicted molar refractivity (Wildman–Crippen MR) is 85.7 cm³/mol. The van der Waals surface area contributed by atoms with Crippen molar-refractivity contribution in [2.24, 2.45) is 11.7 Å². The molecular weight excluding hydrogens is 250 g/mol. The molecule has 1 unspecified atom stereocenters. The Morgan fingerprint density at radius 3 is 2.45 bits per heavy atom. The highest BCUT2D eigenvalue weighted by Crippen LogP contribution is 2.20. The number of aliphatic hydroxyl groups is 1. The van der Waals surface area contributed by atoms with Crippen molar-refractivity contribution in [2.45, 2.75) is 39.8 Å². The molecule has 0 rings (SSSR count). The van der Waals surface area contributed by atoms with Crippen molar-refractivity contribution >= 4 is 0 Å². The van der Waals surface area contributed by atoms with Gasteiger partial charge in [-0.05, 0) is 31.1 Å². The molecule has 0 amide bonds. The number of allylic oxidation sites excluding steroid dienone is 6. The summed E-state index contributed by atoms with van der Waals surface area (Å²) in [5.74, 6) is 1.84. The number of aliphatic hydroxyl groups excluding tert-OH is 1. The van der Waals surface area contributed by atoms with Crippen LogP contribution in [0.5, 0.6) is 0 Å². The highest BCUT2D eigenvalue weighted by molar-refractivity contribution is 5.22. The molecular formula is C17H27NO2. The smallest absolute Gasteiger partial charge is 0.125 e. The van der Waals surface area contributed by atoms with Crippen LogP contribution in [0.15, 0.2) is 60.6 Å². The highest BCUT2D eigenvalue weighted by atomic mass is 16.5. The Morgan fingerprint density at radius 1 is 1.35 bits per heavy atom. The molecule has 112 valence electrons. The summed E-state index contributed by atoms with van der Waals surface area (Å²) in [4.78, 5) is 0. The zero-order valence-corrected chi connectivity index (χ0v) is 12.8. The standard InChI is InChI=1S/C17H27NO2/c1-6-10-14(5)15(7-2)20-16(13(3)4)11-8-9-12-17(18)19/h6-9,11,13,17,19H,1-2,10,12,18H2,3-5H3/b9-8-,15-14+,16-11+. The van der Waals surface area contributed by atoms with E-state index in [0.29, 0.717) is 6.42 Å². The molecule has 3 N–H and O–H groups in total. The van der Waals surface area contributed by atoms with Crippen LogP contribution < -0.4 is 5.73 Å². The van der Waals surface area contributed by atoms with Crippen LogP contribution in [0.4, 0.5) is 0 Å². The zero-order valence-electron chi connectivity index (χ0n) is 12.8. The van der Waals surface area contributed by atoms with Gasteiger partial charge in [0.25, 0.3) is 0 Å². The summed E-state index contributed by atoms with van der Waals surface area (Å²) in [6, 6.07) is 0. The minimum atomic E-state index is -0.818. The van der Waals surface area contributed by atoms with Gasteiger partial charge in [0.15, 0.2) is 0 Å². The second-order valence-electron chi connectivity index (χ2n) is 4.90. The van der Waals surface area contributed by atoms with E-state index in [1.165, 1.54) is 0 Å². The van der Waals surface area contributed by atoms with Crippen molar-refractivity contribution in [3.8, 4) is 0 Å². The molecule has 0 spiro atoms. The molecule has 0 aromatic heterocycles. The summed E-state index contributed by atoms with van der Waals surface area (Å²) in [6.07, 6.45) is 9.45. The van der Waals surface area contributed by atoms with Gasteiger partial charge in [-0.3, -0.25) is 0 Å². The fraction of sp³-hybridized carbons (Fsp3) is 0.412.